The Kier molecular flexibility index (Phi) is 3.64. The quantitative estimate of drug-likeness (QED) is 0.897. The van der Waals surface area contributed by atoms with Crippen LogP contribution in [-0.4, -0.2) is 25.3 Å². The molecule has 1 aromatic carbocycles. The molecule has 0 amide bonds. The topological polar surface area (TPSA) is 21.3 Å². The lowest BCUT2D eigenvalue weighted by Crippen LogP contribution is -2.40. The molecule has 2 aliphatic heterocycles. The van der Waals surface area contributed by atoms with E-state index in [1.165, 1.54) is 36.0 Å². The van der Waals surface area contributed by atoms with Gasteiger partial charge in [-0.2, -0.15) is 0 Å². The van der Waals surface area contributed by atoms with Gasteiger partial charge in [0.1, 0.15) is 0 Å². The van der Waals surface area contributed by atoms with Crippen LogP contribution in [0, 0.1) is 19.8 Å². The Morgan fingerprint density at radius 2 is 2.00 bits per heavy atom. The molecule has 2 heterocycles. The summed E-state index contributed by atoms with van der Waals surface area (Å²) in [5.41, 5.74) is 4.36. The number of rotatable bonds is 4. The van der Waals surface area contributed by atoms with Crippen LogP contribution < -0.4 is 5.32 Å². The lowest BCUT2D eigenvalue weighted by atomic mass is 9.80. The van der Waals surface area contributed by atoms with Gasteiger partial charge in [-0.05, 0) is 63.3 Å². The molecule has 0 saturated carbocycles. The van der Waals surface area contributed by atoms with Crippen LogP contribution in [0.2, 0.25) is 0 Å². The number of fused-ring (bicyclic) bond motifs is 2. The third kappa shape index (κ3) is 2.44. The third-order valence-electron chi connectivity index (χ3n) is 5.11. The van der Waals surface area contributed by atoms with Crippen molar-refractivity contribution in [2.75, 3.05) is 7.05 Å². The van der Waals surface area contributed by atoms with Gasteiger partial charge in [-0.3, -0.25) is 0 Å². The summed E-state index contributed by atoms with van der Waals surface area (Å²) >= 11 is 0. The van der Waals surface area contributed by atoms with E-state index in [1.54, 1.807) is 0 Å². The van der Waals surface area contributed by atoms with Crippen molar-refractivity contribution in [2.24, 2.45) is 5.92 Å². The summed E-state index contributed by atoms with van der Waals surface area (Å²) in [7, 11) is 2.10. The molecule has 4 unspecified atom stereocenters. The maximum atomic E-state index is 6.03. The Bertz CT molecular complexity index is 436. The van der Waals surface area contributed by atoms with Gasteiger partial charge in [0.2, 0.25) is 0 Å². The molecule has 1 aromatic rings. The Labute approximate surface area is 116 Å². The summed E-state index contributed by atoms with van der Waals surface area (Å²) in [6.45, 7) is 4.46. The molecule has 3 rings (SSSR count). The average Bonchev–Trinajstić information content (AvgIpc) is 3.01. The Morgan fingerprint density at radius 1 is 1.26 bits per heavy atom. The minimum atomic E-state index is 0.506. The molecule has 1 N–H and O–H groups in total. The molecule has 0 aliphatic carbocycles. The maximum absolute atomic E-state index is 6.03. The van der Waals surface area contributed by atoms with E-state index >= 15 is 0 Å². The predicted molar refractivity (Wildman–Crippen MR) is 78.5 cm³/mol. The van der Waals surface area contributed by atoms with E-state index in [2.05, 4.69) is 44.4 Å². The second-order valence-corrected chi connectivity index (χ2v) is 6.24. The molecule has 2 aliphatic rings. The van der Waals surface area contributed by atoms with Crippen molar-refractivity contribution in [2.45, 2.75) is 57.8 Å². The number of likely N-dealkylation sites (N-methyl/N-ethyl adjacent to an activating group) is 1. The molecular weight excluding hydrogens is 234 g/mol. The highest BCUT2D eigenvalue weighted by atomic mass is 16.5. The molecule has 2 heteroatoms. The second kappa shape index (κ2) is 5.26. The zero-order chi connectivity index (χ0) is 13.4. The fourth-order valence-corrected chi connectivity index (χ4v) is 3.96. The smallest absolute Gasteiger partial charge is 0.0623 e. The maximum Gasteiger partial charge on any atom is 0.0623 e. The molecule has 2 bridgehead atoms. The molecule has 2 nitrogen and oxygen atoms in total. The summed E-state index contributed by atoms with van der Waals surface area (Å²) in [5.74, 6) is 0.697. The lowest BCUT2D eigenvalue weighted by molar-refractivity contribution is 0.0863. The van der Waals surface area contributed by atoms with Gasteiger partial charge in [-0.1, -0.05) is 18.2 Å². The summed E-state index contributed by atoms with van der Waals surface area (Å²) in [6.07, 6.45) is 5.98. The molecule has 0 spiro atoms. The summed E-state index contributed by atoms with van der Waals surface area (Å²) in [5, 5.41) is 3.55. The van der Waals surface area contributed by atoms with Crippen LogP contribution in [0.3, 0.4) is 0 Å². The molecular formula is C17H25NO. The Balaban J connectivity index is 1.77. The van der Waals surface area contributed by atoms with E-state index in [4.69, 9.17) is 4.74 Å². The van der Waals surface area contributed by atoms with E-state index in [0.717, 1.165) is 6.42 Å². The summed E-state index contributed by atoms with van der Waals surface area (Å²) in [4.78, 5) is 0. The number of aryl methyl sites for hydroxylation is 2. The van der Waals surface area contributed by atoms with Gasteiger partial charge in [-0.15, -0.1) is 0 Å². The molecule has 0 aromatic heterocycles. The van der Waals surface area contributed by atoms with E-state index in [9.17, 15) is 0 Å². The highest BCUT2D eigenvalue weighted by Gasteiger charge is 2.43. The van der Waals surface area contributed by atoms with Gasteiger partial charge in [0.05, 0.1) is 12.2 Å². The number of ether oxygens (including phenoxy) is 1. The van der Waals surface area contributed by atoms with Crippen molar-refractivity contribution in [3.63, 3.8) is 0 Å². The highest BCUT2D eigenvalue weighted by molar-refractivity contribution is 5.34. The van der Waals surface area contributed by atoms with Gasteiger partial charge >= 0.3 is 0 Å². The molecule has 104 valence electrons. The normalized spacial score (nSPS) is 30.8. The number of hydrogen-bond acceptors (Lipinski definition) is 2. The molecule has 2 saturated heterocycles. The third-order valence-corrected chi connectivity index (χ3v) is 5.11. The summed E-state index contributed by atoms with van der Waals surface area (Å²) < 4.78 is 6.03. The van der Waals surface area contributed by atoms with Crippen LogP contribution in [0.4, 0.5) is 0 Å². The number of nitrogens with one attached hydrogen (secondary N) is 1. The largest absolute Gasteiger partial charge is 0.375 e. The van der Waals surface area contributed by atoms with Crippen LogP contribution >= 0.6 is 0 Å². The van der Waals surface area contributed by atoms with Crippen LogP contribution in [0.1, 0.15) is 36.0 Å². The van der Waals surface area contributed by atoms with Crippen LogP contribution in [-0.2, 0) is 11.2 Å². The minimum absolute atomic E-state index is 0.506. The van der Waals surface area contributed by atoms with Crippen LogP contribution in [0.25, 0.3) is 0 Å². The lowest BCUT2D eigenvalue weighted by Gasteiger charge is -2.29. The summed E-state index contributed by atoms with van der Waals surface area (Å²) in [6, 6.07) is 7.16. The van der Waals surface area contributed by atoms with Gasteiger partial charge in [0.15, 0.2) is 0 Å². The zero-order valence-electron chi connectivity index (χ0n) is 12.3. The van der Waals surface area contributed by atoms with Crippen molar-refractivity contribution in [1.82, 2.24) is 5.32 Å². The Hall–Kier alpha value is -0.860. The first-order valence-corrected chi connectivity index (χ1v) is 7.57. The van der Waals surface area contributed by atoms with Crippen molar-refractivity contribution in [3.05, 3.63) is 34.9 Å². The first kappa shape index (κ1) is 13.1. The van der Waals surface area contributed by atoms with Crippen molar-refractivity contribution < 1.29 is 4.74 Å². The predicted octanol–water partition coefficient (Wildman–Crippen LogP) is 3.00. The van der Waals surface area contributed by atoms with Crippen LogP contribution in [0.5, 0.6) is 0 Å². The minimum Gasteiger partial charge on any atom is -0.375 e. The standard InChI is InChI=1S/C17H25NO/c1-11-5-4-6-12(2)14(11)10-16(18-3)15-9-13-7-8-17(15)19-13/h4-6,13,15-18H,7-10H2,1-3H3. The van der Waals surface area contributed by atoms with Crippen molar-refractivity contribution in [1.29, 1.82) is 0 Å². The van der Waals surface area contributed by atoms with Gasteiger partial charge in [0, 0.05) is 12.0 Å². The fraction of sp³-hybridized carbons (Fsp3) is 0.647. The second-order valence-electron chi connectivity index (χ2n) is 6.24. The zero-order valence-corrected chi connectivity index (χ0v) is 12.3. The number of hydrogen-bond donors (Lipinski definition) is 1. The molecule has 4 atom stereocenters. The monoisotopic (exact) mass is 259 g/mol. The Morgan fingerprint density at radius 3 is 2.53 bits per heavy atom. The van der Waals surface area contributed by atoms with Gasteiger partial charge in [-0.25, -0.2) is 0 Å². The van der Waals surface area contributed by atoms with Crippen LogP contribution in [0.15, 0.2) is 18.2 Å². The molecule has 0 radical (unpaired) electrons. The van der Waals surface area contributed by atoms with E-state index in [1.807, 2.05) is 0 Å². The SMILES string of the molecule is CNC(Cc1c(C)cccc1C)C1CC2CCC1O2. The van der Waals surface area contributed by atoms with Gasteiger partial charge < -0.3 is 10.1 Å². The van der Waals surface area contributed by atoms with E-state index in [0.29, 0.717) is 24.2 Å². The molecule has 2 fully saturated rings. The first-order valence-electron chi connectivity index (χ1n) is 7.57. The first-order chi connectivity index (χ1) is 9.19. The van der Waals surface area contributed by atoms with E-state index in [-0.39, 0.29) is 0 Å². The van der Waals surface area contributed by atoms with Crippen molar-refractivity contribution >= 4 is 0 Å². The number of benzene rings is 1. The van der Waals surface area contributed by atoms with Gasteiger partial charge in [0.25, 0.3) is 0 Å². The fourth-order valence-electron chi connectivity index (χ4n) is 3.96. The average molecular weight is 259 g/mol. The molecule has 19 heavy (non-hydrogen) atoms. The highest BCUT2D eigenvalue weighted by Crippen LogP contribution is 2.41. The van der Waals surface area contributed by atoms with Crippen molar-refractivity contribution in [3.8, 4) is 0 Å². The van der Waals surface area contributed by atoms with E-state index < -0.39 is 0 Å².